The largest absolute Gasteiger partial charge is 0.497 e. The number of carbonyl (C=O) groups is 2. The predicted octanol–water partition coefficient (Wildman–Crippen LogP) is 2.24. The van der Waals surface area contributed by atoms with Gasteiger partial charge in [0.1, 0.15) is 11.5 Å². The molecule has 26 heavy (non-hydrogen) atoms. The van der Waals surface area contributed by atoms with Gasteiger partial charge < -0.3 is 19.7 Å². The van der Waals surface area contributed by atoms with Gasteiger partial charge in [0, 0.05) is 31.1 Å². The molecular formula is C20H22N2O4. The molecule has 1 fully saturated rings. The normalized spacial score (nSPS) is 16.4. The predicted molar refractivity (Wildman–Crippen MR) is 98.4 cm³/mol. The monoisotopic (exact) mass is 354 g/mol. The molecule has 1 N–H and O–H groups in total. The van der Waals surface area contributed by atoms with Gasteiger partial charge in [-0.05, 0) is 36.4 Å². The van der Waals surface area contributed by atoms with Crippen molar-refractivity contribution < 1.29 is 19.1 Å². The van der Waals surface area contributed by atoms with Crippen LogP contribution in [0, 0.1) is 5.92 Å². The Kier molecular flexibility index (Phi) is 5.73. The van der Waals surface area contributed by atoms with Crippen molar-refractivity contribution in [1.82, 2.24) is 5.32 Å². The lowest BCUT2D eigenvalue weighted by Crippen LogP contribution is -2.34. The summed E-state index contributed by atoms with van der Waals surface area (Å²) in [6.07, 6.45) is 0.439. The van der Waals surface area contributed by atoms with Gasteiger partial charge in [-0.15, -0.1) is 0 Å². The number of hydrogen-bond acceptors (Lipinski definition) is 4. The summed E-state index contributed by atoms with van der Waals surface area (Å²) in [7, 11) is 1.59. The first-order chi connectivity index (χ1) is 12.7. The van der Waals surface area contributed by atoms with Crippen molar-refractivity contribution in [2.45, 2.75) is 6.42 Å². The summed E-state index contributed by atoms with van der Waals surface area (Å²) in [4.78, 5) is 25.9. The third kappa shape index (κ3) is 4.53. The SMILES string of the molecule is COc1ccc(OCC(=O)NC[C@@H]2CC(=O)N(c3ccccc3)C2)cc1. The van der Waals surface area contributed by atoms with Crippen molar-refractivity contribution in [3.05, 3.63) is 54.6 Å². The number of hydrogen-bond donors (Lipinski definition) is 1. The average Bonchev–Trinajstić information content (AvgIpc) is 3.06. The molecule has 0 radical (unpaired) electrons. The highest BCUT2D eigenvalue weighted by atomic mass is 16.5. The second kappa shape index (κ2) is 8.38. The Morgan fingerprint density at radius 1 is 1.12 bits per heavy atom. The molecule has 1 aliphatic rings. The van der Waals surface area contributed by atoms with Crippen molar-refractivity contribution >= 4 is 17.5 Å². The van der Waals surface area contributed by atoms with Crippen molar-refractivity contribution in [3.8, 4) is 11.5 Å². The average molecular weight is 354 g/mol. The minimum Gasteiger partial charge on any atom is -0.497 e. The molecule has 1 saturated heterocycles. The minimum atomic E-state index is -0.202. The fraction of sp³-hybridized carbons (Fsp3) is 0.300. The Bertz CT molecular complexity index is 746. The maximum Gasteiger partial charge on any atom is 0.257 e. The third-order valence-electron chi connectivity index (χ3n) is 4.29. The van der Waals surface area contributed by atoms with E-state index in [2.05, 4.69) is 5.32 Å². The van der Waals surface area contributed by atoms with Gasteiger partial charge in [0.2, 0.25) is 5.91 Å². The van der Waals surface area contributed by atoms with Gasteiger partial charge in [-0.3, -0.25) is 9.59 Å². The van der Waals surface area contributed by atoms with E-state index in [0.717, 1.165) is 11.4 Å². The molecule has 2 amide bonds. The van der Waals surface area contributed by atoms with Gasteiger partial charge in [-0.25, -0.2) is 0 Å². The number of benzene rings is 2. The first-order valence-corrected chi connectivity index (χ1v) is 8.54. The van der Waals surface area contributed by atoms with E-state index in [1.807, 2.05) is 30.3 Å². The van der Waals surface area contributed by atoms with E-state index >= 15 is 0 Å². The lowest BCUT2D eigenvalue weighted by atomic mass is 10.1. The van der Waals surface area contributed by atoms with Crippen LogP contribution in [0.4, 0.5) is 5.69 Å². The molecule has 0 aliphatic carbocycles. The van der Waals surface area contributed by atoms with E-state index in [9.17, 15) is 9.59 Å². The van der Waals surface area contributed by atoms with Crippen LogP contribution in [-0.4, -0.2) is 38.6 Å². The zero-order valence-electron chi connectivity index (χ0n) is 14.7. The Balaban J connectivity index is 1.42. The molecule has 1 atom stereocenters. The smallest absolute Gasteiger partial charge is 0.257 e. The molecule has 2 aromatic carbocycles. The van der Waals surface area contributed by atoms with Gasteiger partial charge >= 0.3 is 0 Å². The summed E-state index contributed by atoms with van der Waals surface area (Å²) < 4.78 is 10.5. The standard InChI is InChI=1S/C20H22N2O4/c1-25-17-7-9-18(10-8-17)26-14-19(23)21-12-15-11-20(24)22(13-15)16-5-3-2-4-6-16/h2-10,15H,11-14H2,1H3,(H,21,23)/t15-/m0/s1. The van der Waals surface area contributed by atoms with Crippen LogP contribution >= 0.6 is 0 Å². The number of methoxy groups -OCH3 is 1. The van der Waals surface area contributed by atoms with E-state index in [4.69, 9.17) is 9.47 Å². The number of carbonyl (C=O) groups excluding carboxylic acids is 2. The van der Waals surface area contributed by atoms with Crippen LogP contribution < -0.4 is 19.7 Å². The van der Waals surface area contributed by atoms with Gasteiger partial charge in [0.05, 0.1) is 7.11 Å². The summed E-state index contributed by atoms with van der Waals surface area (Å²) in [6.45, 7) is 1.01. The molecule has 3 rings (SSSR count). The zero-order valence-corrected chi connectivity index (χ0v) is 14.7. The maximum absolute atomic E-state index is 12.2. The topological polar surface area (TPSA) is 67.9 Å². The first kappa shape index (κ1) is 17.8. The van der Waals surface area contributed by atoms with Crippen LogP contribution in [0.3, 0.4) is 0 Å². The summed E-state index contributed by atoms with van der Waals surface area (Å²) in [5.41, 5.74) is 0.897. The quantitative estimate of drug-likeness (QED) is 0.828. The maximum atomic E-state index is 12.2. The fourth-order valence-electron chi connectivity index (χ4n) is 2.91. The number of nitrogens with one attached hydrogen (secondary N) is 1. The second-order valence-corrected chi connectivity index (χ2v) is 6.18. The van der Waals surface area contributed by atoms with Crippen molar-refractivity contribution in [3.63, 3.8) is 0 Å². The summed E-state index contributed by atoms with van der Waals surface area (Å²) in [5, 5.41) is 2.84. The number of anilines is 1. The van der Waals surface area contributed by atoms with Crippen molar-refractivity contribution in [2.75, 3.05) is 31.7 Å². The Morgan fingerprint density at radius 2 is 1.81 bits per heavy atom. The molecule has 0 aromatic heterocycles. The molecule has 0 unspecified atom stereocenters. The molecule has 0 spiro atoms. The molecule has 0 saturated carbocycles. The fourth-order valence-corrected chi connectivity index (χ4v) is 2.91. The minimum absolute atomic E-state index is 0.0601. The van der Waals surface area contributed by atoms with Gasteiger partial charge in [-0.1, -0.05) is 18.2 Å². The van der Waals surface area contributed by atoms with E-state index in [-0.39, 0.29) is 24.3 Å². The summed E-state index contributed by atoms with van der Waals surface area (Å²) in [5.74, 6) is 1.33. The van der Waals surface area contributed by atoms with Crippen molar-refractivity contribution in [1.29, 1.82) is 0 Å². The van der Waals surface area contributed by atoms with E-state index in [1.165, 1.54) is 0 Å². The number of ether oxygens (including phenoxy) is 2. The molecular weight excluding hydrogens is 332 g/mol. The van der Waals surface area contributed by atoms with Crippen LogP contribution in [0.2, 0.25) is 0 Å². The van der Waals surface area contributed by atoms with Crippen LogP contribution in [0.15, 0.2) is 54.6 Å². The van der Waals surface area contributed by atoms with Crippen LogP contribution in [0.25, 0.3) is 0 Å². The van der Waals surface area contributed by atoms with Gasteiger partial charge in [0.25, 0.3) is 5.91 Å². The highest BCUT2D eigenvalue weighted by Crippen LogP contribution is 2.24. The molecule has 1 heterocycles. The van der Waals surface area contributed by atoms with E-state index < -0.39 is 0 Å². The molecule has 6 nitrogen and oxygen atoms in total. The zero-order chi connectivity index (χ0) is 18.4. The number of amides is 2. The second-order valence-electron chi connectivity index (χ2n) is 6.18. The summed E-state index contributed by atoms with van der Waals surface area (Å²) >= 11 is 0. The Hall–Kier alpha value is -3.02. The van der Waals surface area contributed by atoms with Gasteiger partial charge in [-0.2, -0.15) is 0 Å². The van der Waals surface area contributed by atoms with E-state index in [1.54, 1.807) is 36.3 Å². The number of nitrogens with zero attached hydrogens (tertiary/aromatic N) is 1. The molecule has 6 heteroatoms. The highest BCUT2D eigenvalue weighted by Gasteiger charge is 2.30. The van der Waals surface area contributed by atoms with Crippen LogP contribution in [-0.2, 0) is 9.59 Å². The first-order valence-electron chi connectivity index (χ1n) is 8.54. The lowest BCUT2D eigenvalue weighted by Gasteiger charge is -2.17. The Morgan fingerprint density at radius 3 is 2.50 bits per heavy atom. The number of rotatable bonds is 7. The number of para-hydroxylation sites is 1. The van der Waals surface area contributed by atoms with Crippen LogP contribution in [0.1, 0.15) is 6.42 Å². The van der Waals surface area contributed by atoms with Crippen molar-refractivity contribution in [2.24, 2.45) is 5.92 Å². The summed E-state index contributed by atoms with van der Waals surface area (Å²) in [6, 6.07) is 16.6. The molecule has 136 valence electrons. The highest BCUT2D eigenvalue weighted by molar-refractivity contribution is 5.95. The Labute approximate surface area is 152 Å². The molecule has 1 aliphatic heterocycles. The van der Waals surface area contributed by atoms with Crippen LogP contribution in [0.5, 0.6) is 11.5 Å². The lowest BCUT2D eigenvalue weighted by molar-refractivity contribution is -0.123. The third-order valence-corrected chi connectivity index (χ3v) is 4.29. The molecule has 2 aromatic rings. The molecule has 0 bridgehead atoms. The van der Waals surface area contributed by atoms with E-state index in [0.29, 0.717) is 25.3 Å². The van der Waals surface area contributed by atoms with Gasteiger partial charge in [0.15, 0.2) is 6.61 Å².